The Hall–Kier alpha value is -0.120. The van der Waals surface area contributed by atoms with Gasteiger partial charge in [0.15, 0.2) is 0 Å². The van der Waals surface area contributed by atoms with Gasteiger partial charge in [-0.2, -0.15) is 0 Å². The van der Waals surface area contributed by atoms with Gasteiger partial charge in [-0.1, -0.05) is 20.8 Å². The summed E-state index contributed by atoms with van der Waals surface area (Å²) in [7, 11) is 0. The van der Waals surface area contributed by atoms with Crippen molar-refractivity contribution in [3.63, 3.8) is 0 Å². The fraction of sp³-hybridized carbons (Fsp3) is 1.00. The Kier molecular flexibility index (Phi) is 20.5. The molecule has 0 fully saturated rings. The SMILES string of the molecule is CC.CCCOCCOCCN. The first-order valence-corrected chi connectivity index (χ1v) is 4.77. The summed E-state index contributed by atoms with van der Waals surface area (Å²) in [5.41, 5.74) is 5.20. The van der Waals surface area contributed by atoms with Crippen molar-refractivity contribution in [2.45, 2.75) is 27.2 Å². The molecular formula is C9H23NO2. The van der Waals surface area contributed by atoms with Crippen LogP contribution in [0.3, 0.4) is 0 Å². The highest BCUT2D eigenvalue weighted by atomic mass is 16.5. The molecule has 0 aliphatic heterocycles. The minimum absolute atomic E-state index is 0.591. The lowest BCUT2D eigenvalue weighted by molar-refractivity contribution is 0.0510. The molecule has 0 rings (SSSR count). The van der Waals surface area contributed by atoms with Gasteiger partial charge in [-0.15, -0.1) is 0 Å². The highest BCUT2D eigenvalue weighted by molar-refractivity contribution is 4.32. The Morgan fingerprint density at radius 2 is 1.42 bits per heavy atom. The zero-order valence-corrected chi connectivity index (χ0v) is 8.64. The summed E-state index contributed by atoms with van der Waals surface area (Å²) >= 11 is 0. The van der Waals surface area contributed by atoms with Gasteiger partial charge in [-0.25, -0.2) is 0 Å². The normalized spacial score (nSPS) is 9.00. The van der Waals surface area contributed by atoms with Gasteiger partial charge in [0.2, 0.25) is 0 Å². The van der Waals surface area contributed by atoms with Crippen LogP contribution < -0.4 is 5.73 Å². The molecule has 0 saturated carbocycles. The van der Waals surface area contributed by atoms with Crippen molar-refractivity contribution < 1.29 is 9.47 Å². The molecule has 0 aromatic heterocycles. The second kappa shape index (κ2) is 17.1. The molecule has 3 nitrogen and oxygen atoms in total. The maximum absolute atomic E-state index is 5.20. The van der Waals surface area contributed by atoms with E-state index in [0.717, 1.165) is 13.0 Å². The number of hydrogen-bond acceptors (Lipinski definition) is 3. The topological polar surface area (TPSA) is 44.5 Å². The minimum atomic E-state index is 0.591. The Morgan fingerprint density at radius 3 is 1.83 bits per heavy atom. The van der Waals surface area contributed by atoms with Gasteiger partial charge in [0.1, 0.15) is 0 Å². The second-order valence-electron chi connectivity index (χ2n) is 2.01. The summed E-state index contributed by atoms with van der Waals surface area (Å²) in [6.45, 7) is 9.49. The van der Waals surface area contributed by atoms with Crippen molar-refractivity contribution in [3.8, 4) is 0 Å². The fourth-order valence-corrected chi connectivity index (χ4v) is 0.550. The Balaban J connectivity index is 0. The largest absolute Gasteiger partial charge is 0.379 e. The van der Waals surface area contributed by atoms with Gasteiger partial charge in [-0.3, -0.25) is 0 Å². The zero-order chi connectivity index (χ0) is 9.66. The lowest BCUT2D eigenvalue weighted by atomic mass is 10.5. The molecular weight excluding hydrogens is 154 g/mol. The third kappa shape index (κ3) is 16.5. The van der Waals surface area contributed by atoms with Crippen LogP contribution in [0.25, 0.3) is 0 Å². The van der Waals surface area contributed by atoms with Crippen molar-refractivity contribution >= 4 is 0 Å². The molecule has 76 valence electrons. The predicted octanol–water partition coefficient (Wildman–Crippen LogP) is 1.41. The van der Waals surface area contributed by atoms with E-state index in [1.54, 1.807) is 0 Å². The quantitative estimate of drug-likeness (QED) is 0.598. The first-order valence-electron chi connectivity index (χ1n) is 4.77. The average Bonchev–Trinajstić information content (AvgIpc) is 2.15. The lowest BCUT2D eigenvalue weighted by Gasteiger charge is -2.02. The Labute approximate surface area is 76.2 Å². The van der Waals surface area contributed by atoms with Gasteiger partial charge < -0.3 is 15.2 Å². The van der Waals surface area contributed by atoms with Crippen LogP contribution in [0.1, 0.15) is 27.2 Å². The van der Waals surface area contributed by atoms with Gasteiger partial charge in [0.05, 0.1) is 19.8 Å². The second-order valence-corrected chi connectivity index (χ2v) is 2.01. The number of nitrogens with two attached hydrogens (primary N) is 1. The summed E-state index contributed by atoms with van der Waals surface area (Å²) in [6, 6.07) is 0. The minimum Gasteiger partial charge on any atom is -0.379 e. The molecule has 0 unspecified atom stereocenters. The summed E-state index contributed by atoms with van der Waals surface area (Å²) < 4.78 is 10.2. The smallest absolute Gasteiger partial charge is 0.0701 e. The van der Waals surface area contributed by atoms with Gasteiger partial charge in [0, 0.05) is 13.2 Å². The molecule has 3 heteroatoms. The summed E-state index contributed by atoms with van der Waals surface area (Å²) in [5, 5.41) is 0. The van der Waals surface area contributed by atoms with Crippen LogP contribution in [0.15, 0.2) is 0 Å². The third-order valence-electron chi connectivity index (χ3n) is 0.983. The van der Waals surface area contributed by atoms with Crippen LogP contribution in [-0.2, 0) is 9.47 Å². The molecule has 0 aliphatic rings. The molecule has 0 atom stereocenters. The maximum Gasteiger partial charge on any atom is 0.0701 e. The molecule has 0 radical (unpaired) electrons. The molecule has 0 spiro atoms. The van der Waals surface area contributed by atoms with Crippen LogP contribution in [0.5, 0.6) is 0 Å². The Bertz CT molecular complexity index is 52.5. The van der Waals surface area contributed by atoms with Gasteiger partial charge in [0.25, 0.3) is 0 Å². The number of rotatable bonds is 7. The van der Waals surface area contributed by atoms with Crippen molar-refractivity contribution in [1.29, 1.82) is 0 Å². The zero-order valence-electron chi connectivity index (χ0n) is 8.64. The summed E-state index contributed by atoms with van der Waals surface area (Å²) in [4.78, 5) is 0. The van der Waals surface area contributed by atoms with Gasteiger partial charge >= 0.3 is 0 Å². The summed E-state index contributed by atoms with van der Waals surface area (Å²) in [5.74, 6) is 0. The molecule has 0 amide bonds. The highest BCUT2D eigenvalue weighted by Crippen LogP contribution is 1.80. The Morgan fingerprint density at radius 1 is 0.917 bits per heavy atom. The molecule has 0 aromatic carbocycles. The fourth-order valence-electron chi connectivity index (χ4n) is 0.550. The van der Waals surface area contributed by atoms with E-state index in [4.69, 9.17) is 15.2 Å². The first-order chi connectivity index (χ1) is 5.91. The van der Waals surface area contributed by atoms with E-state index in [-0.39, 0.29) is 0 Å². The molecule has 0 aromatic rings. The van der Waals surface area contributed by atoms with Crippen LogP contribution in [-0.4, -0.2) is 33.0 Å². The molecule has 2 N–H and O–H groups in total. The number of hydrogen-bond donors (Lipinski definition) is 1. The van der Waals surface area contributed by atoms with E-state index < -0.39 is 0 Å². The molecule has 0 heterocycles. The standard InChI is InChI=1S/C7H17NO2.C2H6/c1-2-4-9-6-7-10-5-3-8;1-2/h2-8H2,1H3;1-2H3. The monoisotopic (exact) mass is 177 g/mol. The van der Waals surface area contributed by atoms with Crippen LogP contribution in [0.2, 0.25) is 0 Å². The maximum atomic E-state index is 5.20. The van der Waals surface area contributed by atoms with Crippen molar-refractivity contribution in [1.82, 2.24) is 0 Å². The van der Waals surface area contributed by atoms with E-state index in [0.29, 0.717) is 26.4 Å². The number of ether oxygens (including phenoxy) is 2. The van der Waals surface area contributed by atoms with Crippen LogP contribution >= 0.6 is 0 Å². The van der Waals surface area contributed by atoms with Crippen molar-refractivity contribution in [2.24, 2.45) is 5.73 Å². The van der Waals surface area contributed by atoms with Crippen LogP contribution in [0, 0.1) is 0 Å². The van der Waals surface area contributed by atoms with E-state index in [9.17, 15) is 0 Å². The van der Waals surface area contributed by atoms with E-state index in [2.05, 4.69) is 6.92 Å². The molecule has 12 heavy (non-hydrogen) atoms. The van der Waals surface area contributed by atoms with Crippen molar-refractivity contribution in [2.75, 3.05) is 33.0 Å². The predicted molar refractivity (Wildman–Crippen MR) is 52.3 cm³/mol. The molecule has 0 bridgehead atoms. The third-order valence-corrected chi connectivity index (χ3v) is 0.983. The van der Waals surface area contributed by atoms with E-state index in [1.807, 2.05) is 13.8 Å². The first kappa shape index (κ1) is 14.4. The average molecular weight is 177 g/mol. The highest BCUT2D eigenvalue weighted by Gasteiger charge is 1.85. The van der Waals surface area contributed by atoms with Gasteiger partial charge in [-0.05, 0) is 6.42 Å². The van der Waals surface area contributed by atoms with Crippen LogP contribution in [0.4, 0.5) is 0 Å². The van der Waals surface area contributed by atoms with Crippen molar-refractivity contribution in [3.05, 3.63) is 0 Å². The summed E-state index contributed by atoms with van der Waals surface area (Å²) in [6.07, 6.45) is 1.07. The lowest BCUT2D eigenvalue weighted by Crippen LogP contribution is -2.12. The molecule has 0 aliphatic carbocycles. The van der Waals surface area contributed by atoms with E-state index >= 15 is 0 Å². The van der Waals surface area contributed by atoms with E-state index in [1.165, 1.54) is 0 Å². The molecule has 0 saturated heterocycles.